The predicted octanol–water partition coefficient (Wildman–Crippen LogP) is 1.04. The number of nitriles is 1. The number of nitrogens with one attached hydrogen (secondary N) is 1. The summed E-state index contributed by atoms with van der Waals surface area (Å²) >= 11 is 0. The SMILES string of the molecule is N#CC1(NCCCO)CC2CCC1C2. The van der Waals surface area contributed by atoms with Crippen LogP contribution in [0.25, 0.3) is 0 Å². The molecule has 2 fully saturated rings. The summed E-state index contributed by atoms with van der Waals surface area (Å²) in [7, 11) is 0. The van der Waals surface area contributed by atoms with E-state index in [2.05, 4.69) is 11.4 Å². The number of hydrogen-bond donors (Lipinski definition) is 2. The Balaban J connectivity index is 1.95. The van der Waals surface area contributed by atoms with Gasteiger partial charge in [-0.25, -0.2) is 0 Å². The van der Waals surface area contributed by atoms with E-state index in [1.165, 1.54) is 19.3 Å². The molecule has 0 amide bonds. The van der Waals surface area contributed by atoms with E-state index in [1.807, 2.05) is 0 Å². The van der Waals surface area contributed by atoms with E-state index in [1.54, 1.807) is 0 Å². The van der Waals surface area contributed by atoms with E-state index in [0.717, 1.165) is 25.3 Å². The molecule has 2 aliphatic carbocycles. The molecule has 0 aromatic heterocycles. The first kappa shape index (κ1) is 9.95. The van der Waals surface area contributed by atoms with Gasteiger partial charge >= 0.3 is 0 Å². The van der Waals surface area contributed by atoms with Crippen LogP contribution in [0.15, 0.2) is 0 Å². The highest BCUT2D eigenvalue weighted by Crippen LogP contribution is 2.50. The lowest BCUT2D eigenvalue weighted by atomic mass is 9.82. The van der Waals surface area contributed by atoms with Gasteiger partial charge in [-0.15, -0.1) is 0 Å². The van der Waals surface area contributed by atoms with E-state index >= 15 is 0 Å². The van der Waals surface area contributed by atoms with Crippen LogP contribution in [0.1, 0.15) is 32.1 Å². The molecule has 78 valence electrons. The first-order valence-corrected chi connectivity index (χ1v) is 5.58. The summed E-state index contributed by atoms with van der Waals surface area (Å²) in [5.74, 6) is 1.34. The molecule has 0 heterocycles. The van der Waals surface area contributed by atoms with Crippen LogP contribution in [-0.2, 0) is 0 Å². The van der Waals surface area contributed by atoms with Crippen molar-refractivity contribution in [3.63, 3.8) is 0 Å². The number of aliphatic hydroxyl groups is 1. The summed E-state index contributed by atoms with van der Waals surface area (Å²) in [5.41, 5.74) is -0.252. The maximum Gasteiger partial charge on any atom is 0.109 e. The molecule has 2 rings (SSSR count). The Morgan fingerprint density at radius 3 is 2.86 bits per heavy atom. The maximum atomic E-state index is 9.26. The van der Waals surface area contributed by atoms with Crippen molar-refractivity contribution in [3.05, 3.63) is 0 Å². The minimum atomic E-state index is -0.252. The molecule has 3 nitrogen and oxygen atoms in total. The van der Waals surface area contributed by atoms with Gasteiger partial charge in [0.1, 0.15) is 5.54 Å². The van der Waals surface area contributed by atoms with Crippen molar-refractivity contribution in [2.75, 3.05) is 13.2 Å². The van der Waals surface area contributed by atoms with E-state index in [9.17, 15) is 5.26 Å². The average Bonchev–Trinajstić information content (AvgIpc) is 2.78. The first-order chi connectivity index (χ1) is 6.80. The molecule has 0 aliphatic heterocycles. The van der Waals surface area contributed by atoms with Gasteiger partial charge in [-0.3, -0.25) is 5.32 Å². The van der Waals surface area contributed by atoms with E-state index in [-0.39, 0.29) is 12.1 Å². The normalized spacial score (nSPS) is 40.0. The van der Waals surface area contributed by atoms with Crippen LogP contribution in [-0.4, -0.2) is 23.8 Å². The van der Waals surface area contributed by atoms with Crippen LogP contribution in [0.3, 0.4) is 0 Å². The van der Waals surface area contributed by atoms with Gasteiger partial charge in [0.2, 0.25) is 0 Å². The minimum Gasteiger partial charge on any atom is -0.396 e. The molecule has 2 N–H and O–H groups in total. The van der Waals surface area contributed by atoms with Crippen molar-refractivity contribution < 1.29 is 5.11 Å². The first-order valence-electron chi connectivity index (χ1n) is 5.58. The van der Waals surface area contributed by atoms with Crippen molar-refractivity contribution in [2.24, 2.45) is 11.8 Å². The van der Waals surface area contributed by atoms with Crippen molar-refractivity contribution in [2.45, 2.75) is 37.6 Å². The molecule has 0 spiro atoms. The molecule has 0 radical (unpaired) electrons. The van der Waals surface area contributed by atoms with Crippen molar-refractivity contribution in [1.82, 2.24) is 5.32 Å². The Bertz CT molecular complexity index is 248. The fourth-order valence-corrected chi connectivity index (χ4v) is 3.11. The zero-order valence-electron chi connectivity index (χ0n) is 8.50. The van der Waals surface area contributed by atoms with Crippen LogP contribution in [0.4, 0.5) is 0 Å². The van der Waals surface area contributed by atoms with Crippen LogP contribution in [0.2, 0.25) is 0 Å². The zero-order chi connectivity index (χ0) is 10.0. The van der Waals surface area contributed by atoms with Gasteiger partial charge < -0.3 is 5.11 Å². The second-order valence-corrected chi connectivity index (χ2v) is 4.67. The van der Waals surface area contributed by atoms with Crippen LogP contribution < -0.4 is 5.32 Å². The molecule has 14 heavy (non-hydrogen) atoms. The molecule has 3 atom stereocenters. The summed E-state index contributed by atoms with van der Waals surface area (Å²) in [6.07, 6.45) is 5.54. The number of rotatable bonds is 4. The standard InChI is InChI=1S/C11H18N2O/c12-8-11(13-4-1-5-14)7-9-2-3-10(11)6-9/h9-10,13-14H,1-7H2. The van der Waals surface area contributed by atoms with Crippen molar-refractivity contribution in [3.8, 4) is 6.07 Å². The molecule has 2 bridgehead atoms. The second kappa shape index (κ2) is 3.88. The van der Waals surface area contributed by atoms with Crippen molar-refractivity contribution >= 4 is 0 Å². The minimum absolute atomic E-state index is 0.211. The smallest absolute Gasteiger partial charge is 0.109 e. The van der Waals surface area contributed by atoms with Gasteiger partial charge in [0.15, 0.2) is 0 Å². The molecular weight excluding hydrogens is 176 g/mol. The van der Waals surface area contributed by atoms with Crippen LogP contribution in [0, 0.1) is 23.2 Å². The third kappa shape index (κ3) is 1.53. The van der Waals surface area contributed by atoms with Gasteiger partial charge in [-0.1, -0.05) is 0 Å². The van der Waals surface area contributed by atoms with E-state index < -0.39 is 0 Å². The lowest BCUT2D eigenvalue weighted by molar-refractivity contribution is 0.248. The zero-order valence-corrected chi connectivity index (χ0v) is 8.50. The molecule has 0 saturated heterocycles. The molecule has 3 unspecified atom stereocenters. The molecule has 2 saturated carbocycles. The molecule has 0 aromatic rings. The fraction of sp³-hybridized carbons (Fsp3) is 0.909. The average molecular weight is 194 g/mol. The van der Waals surface area contributed by atoms with Crippen molar-refractivity contribution in [1.29, 1.82) is 5.26 Å². The maximum absolute atomic E-state index is 9.26. The molecule has 2 aliphatic rings. The third-order valence-electron chi connectivity index (χ3n) is 3.82. The Hall–Kier alpha value is -0.590. The Morgan fingerprint density at radius 2 is 2.36 bits per heavy atom. The topological polar surface area (TPSA) is 56.0 Å². The quantitative estimate of drug-likeness (QED) is 0.657. The Labute approximate surface area is 85.1 Å². The third-order valence-corrected chi connectivity index (χ3v) is 3.82. The van der Waals surface area contributed by atoms with Gasteiger partial charge in [-0.05, 0) is 50.5 Å². The molecule has 3 heteroatoms. The number of nitrogens with zero attached hydrogens (tertiary/aromatic N) is 1. The second-order valence-electron chi connectivity index (χ2n) is 4.67. The summed E-state index contributed by atoms with van der Waals surface area (Å²) in [5, 5.41) is 21.3. The molecular formula is C11H18N2O. The lowest BCUT2D eigenvalue weighted by Gasteiger charge is -2.32. The Kier molecular flexibility index (Phi) is 2.76. The highest BCUT2D eigenvalue weighted by molar-refractivity contribution is 5.18. The van der Waals surface area contributed by atoms with Gasteiger partial charge in [-0.2, -0.15) is 5.26 Å². The highest BCUT2D eigenvalue weighted by atomic mass is 16.3. The molecule has 0 aromatic carbocycles. The summed E-state index contributed by atoms with van der Waals surface area (Å²) in [4.78, 5) is 0. The summed E-state index contributed by atoms with van der Waals surface area (Å²) in [6, 6.07) is 2.48. The predicted molar refractivity (Wildman–Crippen MR) is 53.5 cm³/mol. The van der Waals surface area contributed by atoms with E-state index in [0.29, 0.717) is 5.92 Å². The Morgan fingerprint density at radius 1 is 1.50 bits per heavy atom. The van der Waals surface area contributed by atoms with Crippen LogP contribution >= 0.6 is 0 Å². The van der Waals surface area contributed by atoms with Crippen LogP contribution in [0.5, 0.6) is 0 Å². The van der Waals surface area contributed by atoms with Gasteiger partial charge in [0.05, 0.1) is 6.07 Å². The number of hydrogen-bond acceptors (Lipinski definition) is 3. The summed E-state index contributed by atoms with van der Waals surface area (Å²) < 4.78 is 0. The van der Waals surface area contributed by atoms with Gasteiger partial charge in [0, 0.05) is 6.61 Å². The summed E-state index contributed by atoms with van der Waals surface area (Å²) in [6.45, 7) is 0.982. The monoisotopic (exact) mass is 194 g/mol. The lowest BCUT2D eigenvalue weighted by Crippen LogP contribution is -2.48. The largest absolute Gasteiger partial charge is 0.396 e. The highest BCUT2D eigenvalue weighted by Gasteiger charge is 2.50. The number of fused-ring (bicyclic) bond motifs is 2. The number of aliphatic hydroxyl groups excluding tert-OH is 1. The van der Waals surface area contributed by atoms with Gasteiger partial charge in [0.25, 0.3) is 0 Å². The fourth-order valence-electron chi connectivity index (χ4n) is 3.11. The van der Waals surface area contributed by atoms with E-state index in [4.69, 9.17) is 5.11 Å².